The normalized spacial score (nSPS) is 12.4. The maximum Gasteiger partial charge on any atom is 0.294 e. The minimum Gasteiger partial charge on any atom is -0.282 e. The van der Waals surface area contributed by atoms with Gasteiger partial charge in [-0.25, -0.2) is 0 Å². The van der Waals surface area contributed by atoms with Gasteiger partial charge < -0.3 is 0 Å². The molecule has 3 N–H and O–H groups in total. The molecule has 0 amide bonds. The molecule has 4 aromatic rings. The molecule has 37 heavy (non-hydrogen) atoms. The van der Waals surface area contributed by atoms with Crippen LogP contribution in [0.1, 0.15) is 0 Å². The molecule has 0 spiro atoms. The van der Waals surface area contributed by atoms with Crippen LogP contribution in [0.5, 0.6) is 0 Å². The molecule has 4 aromatic carbocycles. The Labute approximate surface area is 216 Å². The first-order valence-electron chi connectivity index (χ1n) is 10.3. The van der Waals surface area contributed by atoms with Crippen LogP contribution in [-0.4, -0.2) is 38.9 Å². The highest BCUT2D eigenvalue weighted by Gasteiger charge is 2.19. The van der Waals surface area contributed by atoms with Gasteiger partial charge >= 0.3 is 0 Å². The molecule has 0 saturated carbocycles. The molecule has 1 unspecified atom stereocenters. The summed E-state index contributed by atoms with van der Waals surface area (Å²) in [5.41, 5.74) is 3.52. The largest absolute Gasteiger partial charge is 0.294 e. The highest BCUT2D eigenvalue weighted by molar-refractivity contribution is 7.86. The van der Waals surface area contributed by atoms with E-state index in [1.54, 1.807) is 12.1 Å². The first-order chi connectivity index (χ1) is 17.2. The molecular weight excluding hydrogens is 559 g/mol. The van der Waals surface area contributed by atoms with Crippen molar-refractivity contribution >= 4 is 44.9 Å². The van der Waals surface area contributed by atoms with Gasteiger partial charge in [-0.3, -0.25) is 13.7 Å². The van der Waals surface area contributed by atoms with E-state index in [0.29, 0.717) is 38.7 Å². The predicted octanol–water partition coefficient (Wildman–Crippen LogP) is 3.93. The third-order valence-corrected chi connectivity index (χ3v) is 8.67. The van der Waals surface area contributed by atoms with E-state index in [2.05, 4.69) is 9.24 Å². The standard InChI is InChI=1S/C24H19O9PS3/c25-35(26,27)18-7-1-15(2-8-18)21-13-14-22(34)24(17-5-11-20(12-6-17)37(31,32)33)23(21)16-3-9-19(10-4-16)36(28,29)30/h1-14H,34H2,(H,25,26,27)(H,28,29,30)(H,31,32,33). The summed E-state index contributed by atoms with van der Waals surface area (Å²) in [5, 5.41) is 0.701. The smallest absolute Gasteiger partial charge is 0.282 e. The van der Waals surface area contributed by atoms with E-state index in [4.69, 9.17) is 0 Å². The van der Waals surface area contributed by atoms with E-state index in [9.17, 15) is 38.9 Å². The molecule has 0 radical (unpaired) electrons. The van der Waals surface area contributed by atoms with E-state index in [1.807, 2.05) is 0 Å². The van der Waals surface area contributed by atoms with Crippen molar-refractivity contribution in [1.82, 2.24) is 0 Å². The number of benzene rings is 4. The van der Waals surface area contributed by atoms with Crippen molar-refractivity contribution in [1.29, 1.82) is 0 Å². The lowest BCUT2D eigenvalue weighted by Crippen LogP contribution is -2.04. The van der Waals surface area contributed by atoms with Gasteiger partial charge in [0, 0.05) is 0 Å². The zero-order valence-corrected chi connectivity index (χ0v) is 22.3. The van der Waals surface area contributed by atoms with Crippen LogP contribution in [0.4, 0.5) is 0 Å². The molecule has 13 heteroatoms. The monoisotopic (exact) mass is 578 g/mol. The molecule has 0 aromatic heterocycles. The molecule has 1 atom stereocenters. The molecule has 0 saturated heterocycles. The molecule has 0 heterocycles. The fourth-order valence-corrected chi connectivity index (χ4v) is 5.71. The number of rotatable bonds is 6. The van der Waals surface area contributed by atoms with E-state index < -0.39 is 30.4 Å². The van der Waals surface area contributed by atoms with Crippen LogP contribution in [0.3, 0.4) is 0 Å². The minimum absolute atomic E-state index is 0.293. The molecule has 192 valence electrons. The van der Waals surface area contributed by atoms with Gasteiger partial charge in [0.1, 0.15) is 0 Å². The zero-order valence-electron chi connectivity index (χ0n) is 18.7. The van der Waals surface area contributed by atoms with Crippen LogP contribution in [0.2, 0.25) is 0 Å². The van der Waals surface area contributed by atoms with Gasteiger partial charge in [0.2, 0.25) is 0 Å². The van der Waals surface area contributed by atoms with Crippen molar-refractivity contribution < 1.29 is 38.9 Å². The Balaban J connectivity index is 2.01. The Morgan fingerprint density at radius 1 is 0.432 bits per heavy atom. The van der Waals surface area contributed by atoms with E-state index >= 15 is 0 Å². The zero-order chi connectivity index (χ0) is 27.2. The van der Waals surface area contributed by atoms with E-state index in [1.165, 1.54) is 72.8 Å². The van der Waals surface area contributed by atoms with Crippen LogP contribution in [0, 0.1) is 0 Å². The van der Waals surface area contributed by atoms with Crippen molar-refractivity contribution in [3.05, 3.63) is 84.9 Å². The minimum atomic E-state index is -4.44. The average Bonchev–Trinajstić information content (AvgIpc) is 2.82. The van der Waals surface area contributed by atoms with Crippen LogP contribution in [0.25, 0.3) is 33.4 Å². The summed E-state index contributed by atoms with van der Waals surface area (Å²) >= 11 is 0. The second-order valence-corrected chi connectivity index (χ2v) is 12.8. The number of hydrogen-bond donors (Lipinski definition) is 3. The average molecular weight is 579 g/mol. The molecule has 0 aliphatic heterocycles. The first kappa shape index (κ1) is 27.1. The topological polar surface area (TPSA) is 163 Å². The van der Waals surface area contributed by atoms with Gasteiger partial charge in [-0.2, -0.15) is 25.3 Å². The summed E-state index contributed by atoms with van der Waals surface area (Å²) in [7, 11) is -10.7. The van der Waals surface area contributed by atoms with Gasteiger partial charge in [0.05, 0.1) is 14.7 Å². The first-order valence-corrected chi connectivity index (χ1v) is 15.2. The van der Waals surface area contributed by atoms with Crippen molar-refractivity contribution in [2.45, 2.75) is 14.7 Å². The summed E-state index contributed by atoms with van der Waals surface area (Å²) < 4.78 is 97.1. The predicted molar refractivity (Wildman–Crippen MR) is 142 cm³/mol. The van der Waals surface area contributed by atoms with Gasteiger partial charge in [-0.15, -0.1) is 9.24 Å². The van der Waals surface area contributed by atoms with Crippen molar-refractivity contribution in [2.75, 3.05) is 0 Å². The summed E-state index contributed by atoms with van der Waals surface area (Å²) in [5.74, 6) is 0. The summed E-state index contributed by atoms with van der Waals surface area (Å²) in [4.78, 5) is -0.895. The Morgan fingerprint density at radius 3 is 1.11 bits per heavy atom. The third-order valence-electron chi connectivity index (χ3n) is 5.58. The lowest BCUT2D eigenvalue weighted by molar-refractivity contribution is 0.481. The van der Waals surface area contributed by atoms with E-state index in [-0.39, 0.29) is 14.7 Å². The molecule has 0 bridgehead atoms. The molecule has 0 fully saturated rings. The third kappa shape index (κ3) is 5.81. The van der Waals surface area contributed by atoms with Gasteiger partial charge in [-0.1, -0.05) is 48.5 Å². The summed E-state index contributed by atoms with van der Waals surface area (Å²) in [6, 6.07) is 20.0. The molecule has 0 aliphatic carbocycles. The lowest BCUT2D eigenvalue weighted by Gasteiger charge is -2.19. The molecule has 9 nitrogen and oxygen atoms in total. The second kappa shape index (κ2) is 9.73. The molecule has 4 rings (SSSR count). The highest BCUT2D eigenvalue weighted by atomic mass is 32.2. The quantitative estimate of drug-likeness (QED) is 0.227. The van der Waals surface area contributed by atoms with Crippen LogP contribution in [0.15, 0.2) is 99.6 Å². The van der Waals surface area contributed by atoms with Gasteiger partial charge in [0.15, 0.2) is 0 Å². The Morgan fingerprint density at radius 2 is 0.757 bits per heavy atom. The molecular formula is C24H19O9PS3. The van der Waals surface area contributed by atoms with Crippen molar-refractivity contribution in [3.8, 4) is 33.4 Å². The van der Waals surface area contributed by atoms with Crippen molar-refractivity contribution in [3.63, 3.8) is 0 Å². The molecule has 0 aliphatic rings. The fourth-order valence-electron chi connectivity index (χ4n) is 3.86. The van der Waals surface area contributed by atoms with Gasteiger partial charge in [-0.05, 0) is 75.1 Å². The SMILES string of the molecule is O=S(=O)(O)c1ccc(-c2ccc(P)c(-c3ccc(S(=O)(=O)O)cc3)c2-c2ccc(S(=O)(=O)O)cc2)cc1. The number of hydrogen-bond acceptors (Lipinski definition) is 6. The second-order valence-electron chi connectivity index (χ2n) is 7.95. The van der Waals surface area contributed by atoms with Crippen LogP contribution >= 0.6 is 9.24 Å². The lowest BCUT2D eigenvalue weighted by atomic mass is 9.87. The van der Waals surface area contributed by atoms with Gasteiger partial charge in [0.25, 0.3) is 30.4 Å². The van der Waals surface area contributed by atoms with Crippen LogP contribution in [-0.2, 0) is 30.4 Å². The Hall–Kier alpha value is -2.96. The van der Waals surface area contributed by atoms with E-state index in [0.717, 1.165) is 0 Å². The maximum atomic E-state index is 11.6. The summed E-state index contributed by atoms with van der Waals surface area (Å²) in [6.45, 7) is 0. The maximum absolute atomic E-state index is 11.6. The van der Waals surface area contributed by atoms with Crippen LogP contribution < -0.4 is 5.30 Å². The highest BCUT2D eigenvalue weighted by Crippen LogP contribution is 2.40. The fraction of sp³-hybridized carbons (Fsp3) is 0. The van der Waals surface area contributed by atoms with Crippen molar-refractivity contribution in [2.24, 2.45) is 0 Å². The Kier molecular flexibility index (Phi) is 7.12. The summed E-state index contributed by atoms with van der Waals surface area (Å²) in [6.07, 6.45) is 0. The Bertz CT molecular complexity index is 1810.